The summed E-state index contributed by atoms with van der Waals surface area (Å²) in [7, 11) is 0. The van der Waals surface area contributed by atoms with Crippen LogP contribution in [0.15, 0.2) is 53.4 Å². The fraction of sp³-hybridized carbons (Fsp3) is 0.211. The van der Waals surface area contributed by atoms with Crippen molar-refractivity contribution >= 4 is 47.0 Å². The lowest BCUT2D eigenvalue weighted by Crippen LogP contribution is -2.35. The highest BCUT2D eigenvalue weighted by molar-refractivity contribution is 7.98. The van der Waals surface area contributed by atoms with Crippen LogP contribution >= 0.6 is 23.4 Å². The maximum atomic E-state index is 12.2. The Hall–Kier alpha value is -2.71. The number of carbonyl (C=O) groups excluding carboxylic acids is 3. The average molecular weight is 422 g/mol. The standard InChI is InChI=1S/C19H20ClN3O4S/c1-28-16-9-5-4-8-14(16)22-17(24)11-27-18(25)10-15(23-19(21)26)12-6-2-3-7-13(12)20/h2-9,15H,10-11H2,1H3,(H,22,24)(H3,21,23,26). The van der Waals surface area contributed by atoms with Crippen molar-refractivity contribution in [1.82, 2.24) is 5.32 Å². The normalized spacial score (nSPS) is 11.4. The first kappa shape index (κ1) is 21.6. The summed E-state index contributed by atoms with van der Waals surface area (Å²) in [5.74, 6) is -1.14. The molecule has 3 amide bonds. The highest BCUT2D eigenvalue weighted by Crippen LogP contribution is 2.26. The molecule has 2 aromatic rings. The Morgan fingerprint density at radius 1 is 1.14 bits per heavy atom. The van der Waals surface area contributed by atoms with Gasteiger partial charge in [-0.05, 0) is 30.0 Å². The van der Waals surface area contributed by atoms with Crippen LogP contribution in [0.3, 0.4) is 0 Å². The molecule has 7 nitrogen and oxygen atoms in total. The van der Waals surface area contributed by atoms with Crippen molar-refractivity contribution in [3.8, 4) is 0 Å². The monoisotopic (exact) mass is 421 g/mol. The first-order valence-corrected chi connectivity index (χ1v) is 9.90. The molecule has 0 heterocycles. The van der Waals surface area contributed by atoms with Crippen LogP contribution in [0.25, 0.3) is 0 Å². The molecule has 0 saturated carbocycles. The summed E-state index contributed by atoms with van der Waals surface area (Å²) >= 11 is 7.61. The molecule has 148 valence electrons. The van der Waals surface area contributed by atoms with Gasteiger partial charge in [-0.15, -0.1) is 11.8 Å². The Balaban J connectivity index is 1.94. The van der Waals surface area contributed by atoms with E-state index in [1.807, 2.05) is 18.4 Å². The second-order valence-electron chi connectivity index (χ2n) is 5.70. The summed E-state index contributed by atoms with van der Waals surface area (Å²) in [4.78, 5) is 36.4. The van der Waals surface area contributed by atoms with Crippen LogP contribution in [0, 0.1) is 0 Å². The van der Waals surface area contributed by atoms with Crippen LogP contribution in [0.2, 0.25) is 5.02 Å². The number of carbonyl (C=O) groups is 3. The molecule has 0 bridgehead atoms. The smallest absolute Gasteiger partial charge is 0.312 e. The van der Waals surface area contributed by atoms with Gasteiger partial charge in [-0.1, -0.05) is 41.9 Å². The van der Waals surface area contributed by atoms with Gasteiger partial charge in [0, 0.05) is 9.92 Å². The van der Waals surface area contributed by atoms with Crippen LogP contribution in [0.1, 0.15) is 18.0 Å². The van der Waals surface area contributed by atoms with E-state index in [0.29, 0.717) is 16.3 Å². The van der Waals surface area contributed by atoms with Crippen LogP contribution in [0.5, 0.6) is 0 Å². The first-order valence-electron chi connectivity index (χ1n) is 8.29. The zero-order chi connectivity index (χ0) is 20.5. The molecule has 2 rings (SSSR count). The molecular formula is C19H20ClN3O4S. The van der Waals surface area contributed by atoms with E-state index in [9.17, 15) is 14.4 Å². The molecule has 0 fully saturated rings. The van der Waals surface area contributed by atoms with E-state index in [0.717, 1.165) is 4.90 Å². The number of urea groups is 1. The number of anilines is 1. The highest BCUT2D eigenvalue weighted by Gasteiger charge is 2.21. The third-order valence-corrected chi connectivity index (χ3v) is 4.85. The fourth-order valence-electron chi connectivity index (χ4n) is 2.47. The van der Waals surface area contributed by atoms with Gasteiger partial charge in [0.25, 0.3) is 5.91 Å². The Bertz CT molecular complexity index is 863. The van der Waals surface area contributed by atoms with E-state index in [2.05, 4.69) is 10.6 Å². The zero-order valence-electron chi connectivity index (χ0n) is 15.1. The highest BCUT2D eigenvalue weighted by atomic mass is 35.5. The first-order chi connectivity index (χ1) is 13.4. The summed E-state index contributed by atoms with van der Waals surface area (Å²) in [5, 5.41) is 5.53. The van der Waals surface area contributed by atoms with Gasteiger partial charge >= 0.3 is 12.0 Å². The summed E-state index contributed by atoms with van der Waals surface area (Å²) < 4.78 is 5.03. The minimum Gasteiger partial charge on any atom is -0.455 e. The molecule has 9 heteroatoms. The number of rotatable bonds is 8. The van der Waals surface area contributed by atoms with E-state index >= 15 is 0 Å². The van der Waals surface area contributed by atoms with Gasteiger partial charge in [0.05, 0.1) is 18.2 Å². The van der Waals surface area contributed by atoms with Crippen molar-refractivity contribution in [3.05, 3.63) is 59.1 Å². The SMILES string of the molecule is CSc1ccccc1NC(=O)COC(=O)CC(NC(N)=O)c1ccccc1Cl. The van der Waals surface area contributed by atoms with Crippen LogP contribution in [0.4, 0.5) is 10.5 Å². The lowest BCUT2D eigenvalue weighted by molar-refractivity contribution is -0.147. The number of halogens is 1. The number of ether oxygens (including phenoxy) is 1. The number of para-hydroxylation sites is 1. The summed E-state index contributed by atoms with van der Waals surface area (Å²) in [6.07, 6.45) is 1.67. The number of thioether (sulfide) groups is 1. The molecule has 1 atom stereocenters. The number of amides is 3. The molecule has 0 spiro atoms. The van der Waals surface area contributed by atoms with Crippen molar-refractivity contribution in [3.63, 3.8) is 0 Å². The molecule has 0 radical (unpaired) electrons. The number of esters is 1. The maximum absolute atomic E-state index is 12.2. The van der Waals surface area contributed by atoms with E-state index in [1.54, 1.807) is 36.4 Å². The molecule has 0 aromatic heterocycles. The van der Waals surface area contributed by atoms with Crippen molar-refractivity contribution in [2.24, 2.45) is 5.73 Å². The molecule has 2 aromatic carbocycles. The summed E-state index contributed by atoms with van der Waals surface area (Å²) in [6.45, 7) is -0.451. The van der Waals surface area contributed by atoms with Gasteiger partial charge in [-0.25, -0.2) is 4.79 Å². The van der Waals surface area contributed by atoms with Gasteiger partial charge in [0.2, 0.25) is 0 Å². The van der Waals surface area contributed by atoms with Crippen LogP contribution in [-0.2, 0) is 14.3 Å². The minimum atomic E-state index is -0.802. The number of hydrogen-bond acceptors (Lipinski definition) is 5. The fourth-order valence-corrected chi connectivity index (χ4v) is 3.30. The van der Waals surface area contributed by atoms with E-state index in [1.165, 1.54) is 11.8 Å². The van der Waals surface area contributed by atoms with Gasteiger partial charge in [-0.2, -0.15) is 0 Å². The number of nitrogens with one attached hydrogen (secondary N) is 2. The predicted molar refractivity (Wildman–Crippen MR) is 109 cm³/mol. The Kier molecular flexibility index (Phi) is 8.16. The summed E-state index contributed by atoms with van der Waals surface area (Å²) in [5.41, 5.74) is 6.35. The maximum Gasteiger partial charge on any atom is 0.312 e. The molecule has 0 aliphatic heterocycles. The molecule has 1 unspecified atom stereocenters. The number of hydrogen-bond donors (Lipinski definition) is 3. The van der Waals surface area contributed by atoms with Crippen molar-refractivity contribution in [2.45, 2.75) is 17.4 Å². The lowest BCUT2D eigenvalue weighted by Gasteiger charge is -2.18. The molecule has 28 heavy (non-hydrogen) atoms. The third kappa shape index (κ3) is 6.47. The van der Waals surface area contributed by atoms with E-state index in [-0.39, 0.29) is 6.42 Å². The van der Waals surface area contributed by atoms with Crippen molar-refractivity contribution < 1.29 is 19.1 Å². The van der Waals surface area contributed by atoms with Gasteiger partial charge in [-0.3, -0.25) is 9.59 Å². The molecule has 4 N–H and O–H groups in total. The van der Waals surface area contributed by atoms with Crippen LogP contribution in [-0.4, -0.2) is 30.8 Å². The predicted octanol–water partition coefficient (Wildman–Crippen LogP) is 3.34. The van der Waals surface area contributed by atoms with Crippen molar-refractivity contribution in [1.29, 1.82) is 0 Å². The summed E-state index contributed by atoms with van der Waals surface area (Å²) in [6, 6.07) is 12.5. The van der Waals surface area contributed by atoms with Gasteiger partial charge < -0.3 is 21.1 Å². The average Bonchev–Trinajstić information content (AvgIpc) is 2.66. The van der Waals surface area contributed by atoms with Crippen molar-refractivity contribution in [2.75, 3.05) is 18.2 Å². The number of nitrogens with two attached hydrogens (primary N) is 1. The largest absolute Gasteiger partial charge is 0.455 e. The Labute approximate surface area is 172 Å². The molecular weight excluding hydrogens is 402 g/mol. The third-order valence-electron chi connectivity index (χ3n) is 3.71. The minimum absolute atomic E-state index is 0.221. The lowest BCUT2D eigenvalue weighted by atomic mass is 10.0. The Morgan fingerprint density at radius 3 is 2.50 bits per heavy atom. The van der Waals surface area contributed by atoms with Crippen LogP contribution < -0.4 is 16.4 Å². The van der Waals surface area contributed by atoms with E-state index in [4.69, 9.17) is 22.1 Å². The molecule has 0 aliphatic carbocycles. The molecule has 0 aliphatic rings. The van der Waals surface area contributed by atoms with E-state index < -0.39 is 30.6 Å². The Morgan fingerprint density at radius 2 is 1.82 bits per heavy atom. The second kappa shape index (κ2) is 10.6. The second-order valence-corrected chi connectivity index (χ2v) is 6.95. The van der Waals surface area contributed by atoms with Gasteiger partial charge in [0.15, 0.2) is 6.61 Å². The van der Waals surface area contributed by atoms with Gasteiger partial charge in [0.1, 0.15) is 0 Å². The quantitative estimate of drug-likeness (QED) is 0.447. The number of primary amides is 1. The zero-order valence-corrected chi connectivity index (χ0v) is 16.7. The topological polar surface area (TPSA) is 111 Å². The molecule has 0 saturated heterocycles. The number of benzene rings is 2.